The normalized spacial score (nSPS) is 17.1. The van der Waals surface area contributed by atoms with Gasteiger partial charge in [0, 0.05) is 49.5 Å². The van der Waals surface area contributed by atoms with Crippen molar-refractivity contribution in [1.82, 2.24) is 14.8 Å². The van der Waals surface area contributed by atoms with Crippen molar-refractivity contribution in [3.8, 4) is 0 Å². The first-order valence-electron chi connectivity index (χ1n) is 11.5. The number of benzene rings is 1. The van der Waals surface area contributed by atoms with E-state index in [1.807, 2.05) is 16.8 Å². The number of amides is 1. The van der Waals surface area contributed by atoms with Gasteiger partial charge in [-0.15, -0.1) is 0 Å². The minimum absolute atomic E-state index is 0.185. The lowest BCUT2D eigenvalue weighted by Gasteiger charge is -2.33. The fraction of sp³-hybridized carbons (Fsp3) is 0.458. The first kappa shape index (κ1) is 21.7. The van der Waals surface area contributed by atoms with Crippen LogP contribution in [-0.2, 0) is 9.47 Å². The van der Waals surface area contributed by atoms with Gasteiger partial charge in [0.1, 0.15) is 0 Å². The third-order valence-electron chi connectivity index (χ3n) is 6.14. The Bertz CT molecular complexity index is 1130. The smallest absolute Gasteiger partial charge is 0.257 e. The fourth-order valence-electron chi connectivity index (χ4n) is 4.35. The minimum atomic E-state index is -0.185. The maximum atomic E-state index is 13.2. The Morgan fingerprint density at radius 1 is 0.970 bits per heavy atom. The quantitative estimate of drug-likeness (QED) is 0.640. The molecule has 5 rings (SSSR count). The van der Waals surface area contributed by atoms with Gasteiger partial charge in [0.2, 0.25) is 0 Å². The Kier molecular flexibility index (Phi) is 6.15. The molecule has 0 spiro atoms. The third-order valence-corrected chi connectivity index (χ3v) is 6.14. The number of aromatic nitrogens is 3. The Hall–Kier alpha value is -3.17. The van der Waals surface area contributed by atoms with Crippen LogP contribution in [0, 0.1) is 0 Å². The molecule has 1 N–H and O–H groups in total. The Morgan fingerprint density at radius 3 is 2.36 bits per heavy atom. The zero-order valence-electron chi connectivity index (χ0n) is 19.2. The number of nitrogens with zero attached hydrogens (tertiary/aromatic N) is 5. The summed E-state index contributed by atoms with van der Waals surface area (Å²) in [6.45, 7) is 10.2. The molecule has 174 valence electrons. The monoisotopic (exact) mass is 450 g/mol. The lowest BCUT2D eigenvalue weighted by Crippen LogP contribution is -2.38. The van der Waals surface area contributed by atoms with Gasteiger partial charge in [-0.05, 0) is 38.1 Å². The van der Waals surface area contributed by atoms with E-state index in [1.165, 1.54) is 0 Å². The summed E-state index contributed by atoms with van der Waals surface area (Å²) in [4.78, 5) is 22.3. The summed E-state index contributed by atoms with van der Waals surface area (Å²) in [6.07, 6.45) is 3.38. The molecule has 0 radical (unpaired) electrons. The lowest BCUT2D eigenvalue weighted by atomic mass is 10.1. The molecule has 1 aromatic carbocycles. The van der Waals surface area contributed by atoms with Crippen LogP contribution >= 0.6 is 0 Å². The number of morpholine rings is 2. The number of carbonyl (C=O) groups excluding carboxylic acids is 1. The Labute approximate surface area is 193 Å². The van der Waals surface area contributed by atoms with Crippen molar-refractivity contribution < 1.29 is 14.3 Å². The first-order valence-corrected chi connectivity index (χ1v) is 11.5. The van der Waals surface area contributed by atoms with Gasteiger partial charge < -0.3 is 24.6 Å². The van der Waals surface area contributed by atoms with Crippen LogP contribution in [0.4, 0.5) is 17.1 Å². The number of rotatable bonds is 5. The number of hydrogen-bond donors (Lipinski definition) is 1. The predicted molar refractivity (Wildman–Crippen MR) is 128 cm³/mol. The Balaban J connectivity index is 1.42. The topological polar surface area (TPSA) is 84.8 Å². The molecule has 1 amide bonds. The number of fused-ring (bicyclic) bond motifs is 1. The molecule has 9 heteroatoms. The SMILES string of the molecule is CC(C)n1ncc2cc(C(=O)Nc3ccc(N4CCOCC4)cc3N3CCOCC3)cnc21. The average Bonchev–Trinajstić information content (AvgIpc) is 3.29. The van der Waals surface area contributed by atoms with Gasteiger partial charge in [0.05, 0.1) is 49.6 Å². The lowest BCUT2D eigenvalue weighted by molar-refractivity contribution is 0.102. The van der Waals surface area contributed by atoms with Crippen LogP contribution < -0.4 is 15.1 Å². The number of nitrogens with one attached hydrogen (secondary N) is 1. The van der Waals surface area contributed by atoms with Crippen LogP contribution in [0.15, 0.2) is 36.7 Å². The molecule has 2 aliphatic heterocycles. The summed E-state index contributed by atoms with van der Waals surface area (Å²) in [6, 6.07) is 8.28. The van der Waals surface area contributed by atoms with E-state index in [4.69, 9.17) is 9.47 Å². The van der Waals surface area contributed by atoms with E-state index in [9.17, 15) is 4.79 Å². The maximum Gasteiger partial charge on any atom is 0.257 e. The standard InChI is InChI=1S/C24H30N6O3/c1-17(2)30-23-18(16-26-30)13-19(15-25-23)24(31)27-21-4-3-20(28-5-9-32-10-6-28)14-22(21)29-7-11-33-12-8-29/h3-4,13-17H,5-12H2,1-2H3,(H,27,31). The number of ether oxygens (including phenoxy) is 2. The number of hydrogen-bond acceptors (Lipinski definition) is 7. The molecule has 9 nitrogen and oxygen atoms in total. The van der Waals surface area contributed by atoms with Gasteiger partial charge in [-0.3, -0.25) is 4.79 Å². The van der Waals surface area contributed by atoms with Crippen molar-refractivity contribution in [3.05, 3.63) is 42.2 Å². The van der Waals surface area contributed by atoms with E-state index in [0.29, 0.717) is 18.8 Å². The van der Waals surface area contributed by atoms with Crippen molar-refractivity contribution >= 4 is 34.0 Å². The molecule has 2 aromatic heterocycles. The van der Waals surface area contributed by atoms with Crippen LogP contribution in [0.3, 0.4) is 0 Å². The summed E-state index contributed by atoms with van der Waals surface area (Å²) in [7, 11) is 0. The molecule has 4 heterocycles. The number of carbonyl (C=O) groups is 1. The predicted octanol–water partition coefficient (Wildman–Crippen LogP) is 2.94. The van der Waals surface area contributed by atoms with E-state index in [2.05, 4.69) is 51.2 Å². The molecular weight excluding hydrogens is 420 g/mol. The van der Waals surface area contributed by atoms with Crippen LogP contribution in [0.5, 0.6) is 0 Å². The van der Waals surface area contributed by atoms with E-state index >= 15 is 0 Å². The second kappa shape index (κ2) is 9.36. The molecule has 2 aliphatic rings. The molecule has 0 aliphatic carbocycles. The van der Waals surface area contributed by atoms with Gasteiger partial charge in [-0.25, -0.2) is 9.67 Å². The van der Waals surface area contributed by atoms with Crippen molar-refractivity contribution in [2.24, 2.45) is 0 Å². The second-order valence-corrected chi connectivity index (χ2v) is 8.67. The van der Waals surface area contributed by atoms with Crippen LogP contribution in [0.25, 0.3) is 11.0 Å². The fourth-order valence-corrected chi connectivity index (χ4v) is 4.35. The third kappa shape index (κ3) is 4.51. The van der Waals surface area contributed by atoms with Crippen LogP contribution in [0.1, 0.15) is 30.2 Å². The summed E-state index contributed by atoms with van der Waals surface area (Å²) in [5, 5.41) is 8.37. The maximum absolute atomic E-state index is 13.2. The molecule has 0 atom stereocenters. The zero-order chi connectivity index (χ0) is 22.8. The molecule has 0 saturated carbocycles. The molecule has 0 bridgehead atoms. The van der Waals surface area contributed by atoms with E-state index in [0.717, 1.165) is 67.5 Å². The van der Waals surface area contributed by atoms with E-state index in [1.54, 1.807) is 12.4 Å². The van der Waals surface area contributed by atoms with Crippen LogP contribution in [0.2, 0.25) is 0 Å². The Morgan fingerprint density at radius 2 is 1.67 bits per heavy atom. The zero-order valence-corrected chi connectivity index (χ0v) is 19.2. The van der Waals surface area contributed by atoms with Gasteiger partial charge in [-0.1, -0.05) is 0 Å². The highest BCUT2D eigenvalue weighted by atomic mass is 16.5. The van der Waals surface area contributed by atoms with Gasteiger partial charge in [-0.2, -0.15) is 5.10 Å². The largest absolute Gasteiger partial charge is 0.378 e. The van der Waals surface area contributed by atoms with Crippen molar-refractivity contribution in [2.75, 3.05) is 67.7 Å². The average molecular weight is 451 g/mol. The summed E-state index contributed by atoms with van der Waals surface area (Å²) >= 11 is 0. The van der Waals surface area contributed by atoms with Gasteiger partial charge in [0.15, 0.2) is 5.65 Å². The van der Waals surface area contributed by atoms with Crippen molar-refractivity contribution in [1.29, 1.82) is 0 Å². The summed E-state index contributed by atoms with van der Waals surface area (Å²) < 4.78 is 12.9. The molecular formula is C24H30N6O3. The highest BCUT2D eigenvalue weighted by molar-refractivity contribution is 6.07. The van der Waals surface area contributed by atoms with Crippen molar-refractivity contribution in [2.45, 2.75) is 19.9 Å². The highest BCUT2D eigenvalue weighted by Gasteiger charge is 2.20. The van der Waals surface area contributed by atoms with E-state index in [-0.39, 0.29) is 11.9 Å². The van der Waals surface area contributed by atoms with Crippen molar-refractivity contribution in [3.63, 3.8) is 0 Å². The van der Waals surface area contributed by atoms with Gasteiger partial charge >= 0.3 is 0 Å². The number of anilines is 3. The number of pyridine rings is 1. The molecule has 0 unspecified atom stereocenters. The summed E-state index contributed by atoms with van der Waals surface area (Å²) in [5.41, 5.74) is 4.23. The molecule has 2 fully saturated rings. The molecule has 33 heavy (non-hydrogen) atoms. The second-order valence-electron chi connectivity index (χ2n) is 8.67. The first-order chi connectivity index (χ1) is 16.1. The van der Waals surface area contributed by atoms with E-state index < -0.39 is 0 Å². The molecule has 2 saturated heterocycles. The van der Waals surface area contributed by atoms with Crippen LogP contribution in [-0.4, -0.2) is 73.3 Å². The minimum Gasteiger partial charge on any atom is -0.378 e. The highest BCUT2D eigenvalue weighted by Crippen LogP contribution is 2.32. The van der Waals surface area contributed by atoms with Gasteiger partial charge in [0.25, 0.3) is 5.91 Å². The summed E-state index contributed by atoms with van der Waals surface area (Å²) in [5.74, 6) is -0.185. The molecule has 3 aromatic rings.